The lowest BCUT2D eigenvalue weighted by Crippen LogP contribution is -2.15. The van der Waals surface area contributed by atoms with Crippen molar-refractivity contribution in [2.24, 2.45) is 0 Å². The topological polar surface area (TPSA) is 63.0 Å². The second-order valence-corrected chi connectivity index (χ2v) is 6.06. The minimum absolute atomic E-state index is 0.357. The van der Waals surface area contributed by atoms with Gasteiger partial charge in [-0.3, -0.25) is 0 Å². The first-order valence-electron chi connectivity index (χ1n) is 5.98. The number of hydrogen-bond donors (Lipinski definition) is 2. The molecule has 1 aliphatic rings. The van der Waals surface area contributed by atoms with Gasteiger partial charge in [0, 0.05) is 9.61 Å². The van der Waals surface area contributed by atoms with Gasteiger partial charge in [0.15, 0.2) is 0 Å². The van der Waals surface area contributed by atoms with E-state index >= 15 is 0 Å². The highest BCUT2D eigenvalue weighted by Crippen LogP contribution is 2.26. The molecule has 0 spiro atoms. The Morgan fingerprint density at radius 3 is 2.95 bits per heavy atom. The predicted molar refractivity (Wildman–Crippen MR) is 81.6 cm³/mol. The molecule has 7 heteroatoms. The highest BCUT2D eigenvalue weighted by Gasteiger charge is 2.21. The number of anilines is 2. The largest absolute Gasteiger partial charge is 0.406 e. The van der Waals surface area contributed by atoms with Gasteiger partial charge in [-0.1, -0.05) is 16.7 Å². The molecule has 1 aromatic carbocycles. The number of rotatable bonds is 5. The summed E-state index contributed by atoms with van der Waals surface area (Å²) in [4.78, 5) is 0. The third-order valence-electron chi connectivity index (χ3n) is 2.76. The molecule has 0 radical (unpaired) electrons. The monoisotopic (exact) mass is 390 g/mol. The fourth-order valence-electron chi connectivity index (χ4n) is 1.60. The fourth-order valence-corrected chi connectivity index (χ4v) is 2.50. The lowest BCUT2D eigenvalue weighted by molar-refractivity contribution is 0.478. The molecule has 1 aliphatic carbocycles. The third-order valence-corrected chi connectivity index (χ3v) is 3.74. The molecule has 1 heterocycles. The van der Waals surface area contributed by atoms with Crippen molar-refractivity contribution in [3.63, 3.8) is 0 Å². The van der Waals surface area contributed by atoms with Crippen molar-refractivity contribution >= 4 is 45.9 Å². The normalized spacial score (nSPS) is 14.6. The SMILES string of the molecule is Clc1cc(I)ccc1Nc1nnc(CNC2CC2)o1. The van der Waals surface area contributed by atoms with E-state index in [-0.39, 0.29) is 0 Å². The van der Waals surface area contributed by atoms with Crippen LogP contribution < -0.4 is 10.6 Å². The van der Waals surface area contributed by atoms with Crippen LogP contribution in [-0.4, -0.2) is 16.2 Å². The quantitative estimate of drug-likeness (QED) is 0.767. The van der Waals surface area contributed by atoms with E-state index in [1.54, 1.807) is 0 Å². The first-order chi connectivity index (χ1) is 9.20. The second-order valence-electron chi connectivity index (χ2n) is 4.41. The van der Waals surface area contributed by atoms with Gasteiger partial charge in [-0.2, -0.15) is 0 Å². The number of nitrogens with zero attached hydrogens (tertiary/aromatic N) is 2. The van der Waals surface area contributed by atoms with E-state index in [0.717, 1.165) is 9.26 Å². The van der Waals surface area contributed by atoms with Crippen LogP contribution in [0, 0.1) is 3.57 Å². The standard InChI is InChI=1S/C12H12ClIN4O/c13-9-5-7(14)1-4-10(9)16-12-18-17-11(19-12)6-15-8-2-3-8/h1,4-5,8,15H,2-3,6H2,(H,16,18). The van der Waals surface area contributed by atoms with Gasteiger partial charge in [-0.15, -0.1) is 5.10 Å². The van der Waals surface area contributed by atoms with E-state index in [2.05, 4.69) is 43.4 Å². The number of nitrogens with one attached hydrogen (secondary N) is 2. The van der Waals surface area contributed by atoms with Crippen LogP contribution in [0.2, 0.25) is 5.02 Å². The molecule has 0 unspecified atom stereocenters. The molecule has 19 heavy (non-hydrogen) atoms. The fraction of sp³-hybridized carbons (Fsp3) is 0.333. The molecule has 0 amide bonds. The van der Waals surface area contributed by atoms with Gasteiger partial charge in [-0.05, 0) is 53.6 Å². The van der Waals surface area contributed by atoms with Gasteiger partial charge in [0.05, 0.1) is 17.3 Å². The average molecular weight is 391 g/mol. The molecule has 1 saturated carbocycles. The van der Waals surface area contributed by atoms with Crippen molar-refractivity contribution in [2.75, 3.05) is 5.32 Å². The van der Waals surface area contributed by atoms with Gasteiger partial charge in [0.2, 0.25) is 5.89 Å². The van der Waals surface area contributed by atoms with Crippen LogP contribution in [0.5, 0.6) is 0 Å². The van der Waals surface area contributed by atoms with Crippen molar-refractivity contribution in [3.05, 3.63) is 32.7 Å². The van der Waals surface area contributed by atoms with E-state index in [0.29, 0.717) is 29.5 Å². The van der Waals surface area contributed by atoms with Crippen molar-refractivity contribution in [2.45, 2.75) is 25.4 Å². The number of aromatic nitrogens is 2. The maximum atomic E-state index is 6.13. The van der Waals surface area contributed by atoms with E-state index < -0.39 is 0 Å². The molecule has 0 aliphatic heterocycles. The Kier molecular flexibility index (Phi) is 3.90. The van der Waals surface area contributed by atoms with Crippen molar-refractivity contribution in [1.29, 1.82) is 0 Å². The van der Waals surface area contributed by atoms with Crippen LogP contribution in [0.3, 0.4) is 0 Å². The zero-order chi connectivity index (χ0) is 13.2. The molecule has 1 aromatic heterocycles. The van der Waals surface area contributed by atoms with Gasteiger partial charge in [0.1, 0.15) is 0 Å². The minimum Gasteiger partial charge on any atom is -0.406 e. The molecule has 0 atom stereocenters. The molecule has 3 rings (SSSR count). The number of halogens is 2. The summed E-state index contributed by atoms with van der Waals surface area (Å²) in [6.07, 6.45) is 2.47. The van der Waals surface area contributed by atoms with Crippen molar-refractivity contribution in [3.8, 4) is 0 Å². The van der Waals surface area contributed by atoms with Gasteiger partial charge < -0.3 is 15.1 Å². The second kappa shape index (κ2) is 5.64. The summed E-state index contributed by atoms with van der Waals surface area (Å²) in [5, 5.41) is 14.9. The lowest BCUT2D eigenvalue weighted by Gasteiger charge is -2.04. The first kappa shape index (κ1) is 13.1. The van der Waals surface area contributed by atoms with E-state index in [4.69, 9.17) is 16.0 Å². The summed E-state index contributed by atoms with van der Waals surface area (Å²) in [5.41, 5.74) is 0.757. The Morgan fingerprint density at radius 1 is 1.37 bits per heavy atom. The summed E-state index contributed by atoms with van der Waals surface area (Å²) < 4.78 is 6.57. The summed E-state index contributed by atoms with van der Waals surface area (Å²) >= 11 is 8.34. The number of hydrogen-bond acceptors (Lipinski definition) is 5. The van der Waals surface area contributed by atoms with Crippen molar-refractivity contribution in [1.82, 2.24) is 15.5 Å². The maximum Gasteiger partial charge on any atom is 0.320 e. The van der Waals surface area contributed by atoms with E-state index in [9.17, 15) is 0 Å². The summed E-state index contributed by atoms with van der Waals surface area (Å²) in [6.45, 7) is 0.611. The van der Waals surface area contributed by atoms with Crippen LogP contribution in [0.4, 0.5) is 11.7 Å². The molecule has 0 saturated heterocycles. The Morgan fingerprint density at radius 2 is 2.21 bits per heavy atom. The Labute approximate surface area is 129 Å². The van der Waals surface area contributed by atoms with Gasteiger partial charge >= 0.3 is 6.01 Å². The first-order valence-corrected chi connectivity index (χ1v) is 7.44. The highest BCUT2D eigenvalue weighted by atomic mass is 127. The predicted octanol–water partition coefficient (Wildman–Crippen LogP) is 3.32. The minimum atomic E-state index is 0.357. The van der Waals surface area contributed by atoms with Crippen LogP contribution in [0.25, 0.3) is 0 Å². The highest BCUT2D eigenvalue weighted by molar-refractivity contribution is 14.1. The molecular formula is C12H12ClIN4O. The maximum absolute atomic E-state index is 6.13. The van der Waals surface area contributed by atoms with Crippen molar-refractivity contribution < 1.29 is 4.42 Å². The number of benzene rings is 1. The van der Waals surface area contributed by atoms with E-state index in [1.807, 2.05) is 18.2 Å². The smallest absolute Gasteiger partial charge is 0.320 e. The van der Waals surface area contributed by atoms with Crippen LogP contribution in [-0.2, 0) is 6.54 Å². The van der Waals surface area contributed by atoms with Gasteiger partial charge in [-0.25, -0.2) is 0 Å². The summed E-state index contributed by atoms with van der Waals surface area (Å²) in [7, 11) is 0. The summed E-state index contributed by atoms with van der Waals surface area (Å²) in [5.74, 6) is 0.580. The molecule has 5 nitrogen and oxygen atoms in total. The van der Waals surface area contributed by atoms with Gasteiger partial charge in [0.25, 0.3) is 0 Å². The zero-order valence-corrected chi connectivity index (χ0v) is 12.9. The van der Waals surface area contributed by atoms with Crippen LogP contribution >= 0.6 is 34.2 Å². The molecule has 100 valence electrons. The zero-order valence-electron chi connectivity index (χ0n) is 9.99. The average Bonchev–Trinajstić information content (AvgIpc) is 3.10. The third kappa shape index (κ3) is 3.58. The van der Waals surface area contributed by atoms with Crippen LogP contribution in [0.1, 0.15) is 18.7 Å². The summed E-state index contributed by atoms with van der Waals surface area (Å²) in [6, 6.07) is 6.69. The Balaban J connectivity index is 1.65. The molecule has 0 bridgehead atoms. The lowest BCUT2D eigenvalue weighted by atomic mass is 10.3. The van der Waals surface area contributed by atoms with Crippen LogP contribution in [0.15, 0.2) is 22.6 Å². The molecule has 2 N–H and O–H groups in total. The Hall–Kier alpha value is -0.860. The molecule has 2 aromatic rings. The van der Waals surface area contributed by atoms with E-state index in [1.165, 1.54) is 12.8 Å². The Bertz CT molecular complexity index is 585. The molecular weight excluding hydrogens is 379 g/mol. The molecule has 1 fully saturated rings.